The lowest BCUT2D eigenvalue weighted by atomic mass is 10.1. The lowest BCUT2D eigenvalue weighted by Gasteiger charge is -2.14. The van der Waals surface area contributed by atoms with Crippen molar-refractivity contribution in [1.82, 2.24) is 4.98 Å². The minimum Gasteiger partial charge on any atom is -0.380 e. The molecule has 96 valence electrons. The molecule has 0 aromatic carbocycles. The molecule has 0 amide bonds. The van der Waals surface area contributed by atoms with Gasteiger partial charge in [0.1, 0.15) is 0 Å². The van der Waals surface area contributed by atoms with Crippen molar-refractivity contribution in [1.29, 1.82) is 0 Å². The van der Waals surface area contributed by atoms with E-state index in [1.165, 1.54) is 4.88 Å². The number of hydrogen-bond acceptors (Lipinski definition) is 5. The number of methoxy groups -OCH3 is 1. The van der Waals surface area contributed by atoms with Gasteiger partial charge < -0.3 is 15.4 Å². The van der Waals surface area contributed by atoms with E-state index < -0.39 is 0 Å². The zero-order chi connectivity index (χ0) is 12.4. The zero-order valence-electron chi connectivity index (χ0n) is 10.8. The molecule has 0 aliphatic carbocycles. The molecule has 0 spiro atoms. The molecule has 5 heteroatoms. The maximum Gasteiger partial charge on any atom is 0.185 e. The molecule has 17 heavy (non-hydrogen) atoms. The molecule has 2 rings (SSSR count). The lowest BCUT2D eigenvalue weighted by Crippen LogP contribution is -2.21. The first-order valence-corrected chi connectivity index (χ1v) is 6.94. The monoisotopic (exact) mass is 255 g/mol. The highest BCUT2D eigenvalue weighted by atomic mass is 32.1. The summed E-state index contributed by atoms with van der Waals surface area (Å²) in [6.07, 6.45) is 1.44. The molecule has 1 atom stereocenters. The van der Waals surface area contributed by atoms with Gasteiger partial charge >= 0.3 is 0 Å². The lowest BCUT2D eigenvalue weighted by molar-refractivity contribution is 0.121. The number of aromatic nitrogens is 1. The molecule has 0 radical (unpaired) electrons. The minimum atomic E-state index is 0.350. The van der Waals surface area contributed by atoms with Crippen LogP contribution in [0.1, 0.15) is 36.8 Å². The Labute approximate surface area is 107 Å². The summed E-state index contributed by atoms with van der Waals surface area (Å²) in [5.41, 5.74) is 6.94. The second-order valence-corrected chi connectivity index (χ2v) is 5.82. The summed E-state index contributed by atoms with van der Waals surface area (Å²) in [7, 11) is 1.78. The van der Waals surface area contributed by atoms with Crippen LogP contribution in [0.3, 0.4) is 0 Å². The van der Waals surface area contributed by atoms with E-state index in [1.54, 1.807) is 18.4 Å². The van der Waals surface area contributed by atoms with Crippen molar-refractivity contribution in [2.75, 3.05) is 25.1 Å². The molecule has 1 saturated heterocycles. The van der Waals surface area contributed by atoms with Crippen LogP contribution < -0.4 is 10.6 Å². The molecule has 4 nitrogen and oxygen atoms in total. The van der Waals surface area contributed by atoms with Crippen molar-refractivity contribution in [3.8, 4) is 0 Å². The van der Waals surface area contributed by atoms with Crippen LogP contribution in [0.4, 0.5) is 5.13 Å². The smallest absolute Gasteiger partial charge is 0.185 e. The van der Waals surface area contributed by atoms with Gasteiger partial charge in [0.05, 0.1) is 11.8 Å². The van der Waals surface area contributed by atoms with E-state index >= 15 is 0 Å². The van der Waals surface area contributed by atoms with Crippen LogP contribution >= 0.6 is 11.3 Å². The first-order chi connectivity index (χ1) is 8.15. The van der Waals surface area contributed by atoms with Crippen LogP contribution in [0.25, 0.3) is 0 Å². The largest absolute Gasteiger partial charge is 0.380 e. The molecular formula is C12H21N3OS. The van der Waals surface area contributed by atoms with Gasteiger partial charge in [-0.3, -0.25) is 0 Å². The topological polar surface area (TPSA) is 51.4 Å². The highest BCUT2D eigenvalue weighted by molar-refractivity contribution is 7.15. The molecule has 1 unspecified atom stereocenters. The Morgan fingerprint density at radius 1 is 1.59 bits per heavy atom. The molecule has 2 N–H and O–H groups in total. The Balaban J connectivity index is 2.17. The van der Waals surface area contributed by atoms with Gasteiger partial charge in [-0.05, 0) is 12.3 Å². The van der Waals surface area contributed by atoms with E-state index in [9.17, 15) is 0 Å². The molecule has 0 saturated carbocycles. The van der Waals surface area contributed by atoms with E-state index in [2.05, 4.69) is 18.7 Å². The van der Waals surface area contributed by atoms with Crippen LogP contribution in [-0.4, -0.2) is 31.3 Å². The van der Waals surface area contributed by atoms with Crippen molar-refractivity contribution in [2.45, 2.75) is 38.8 Å². The van der Waals surface area contributed by atoms with Crippen LogP contribution in [0.2, 0.25) is 0 Å². The molecule has 1 aromatic heterocycles. The first kappa shape index (κ1) is 12.8. The molecule has 1 aliphatic rings. The SMILES string of the molecule is COC1CCN(c2nc(C(C)C)c(CN)s2)C1. The molecular weight excluding hydrogens is 234 g/mol. The first-order valence-electron chi connectivity index (χ1n) is 6.13. The van der Waals surface area contributed by atoms with Gasteiger partial charge in [0.15, 0.2) is 5.13 Å². The third-order valence-corrected chi connectivity index (χ3v) is 4.35. The minimum absolute atomic E-state index is 0.350. The molecule has 1 aromatic rings. The van der Waals surface area contributed by atoms with Crippen molar-refractivity contribution in [3.05, 3.63) is 10.6 Å². The summed E-state index contributed by atoms with van der Waals surface area (Å²) in [5, 5.41) is 1.11. The maximum atomic E-state index is 5.78. The Bertz CT molecular complexity index is 378. The highest BCUT2D eigenvalue weighted by Crippen LogP contribution is 2.32. The molecule has 1 fully saturated rings. The Hall–Kier alpha value is -0.650. The highest BCUT2D eigenvalue weighted by Gasteiger charge is 2.25. The molecule has 0 bridgehead atoms. The summed E-state index contributed by atoms with van der Waals surface area (Å²) < 4.78 is 5.38. The molecule has 2 heterocycles. The Kier molecular flexibility index (Phi) is 4.01. The summed E-state index contributed by atoms with van der Waals surface area (Å²) >= 11 is 1.73. The standard InChI is InChI=1S/C12H21N3OS/c1-8(2)11-10(6-13)17-12(14-11)15-5-4-9(7-15)16-3/h8-9H,4-7,13H2,1-3H3. The molecule has 1 aliphatic heterocycles. The van der Waals surface area contributed by atoms with Crippen molar-refractivity contribution in [2.24, 2.45) is 5.73 Å². The van der Waals surface area contributed by atoms with E-state index in [-0.39, 0.29) is 0 Å². The second kappa shape index (κ2) is 5.33. The number of nitrogens with zero attached hydrogens (tertiary/aromatic N) is 2. The fourth-order valence-electron chi connectivity index (χ4n) is 2.18. The summed E-state index contributed by atoms with van der Waals surface area (Å²) in [4.78, 5) is 8.27. The number of hydrogen-bond donors (Lipinski definition) is 1. The van der Waals surface area contributed by atoms with Crippen LogP contribution in [-0.2, 0) is 11.3 Å². The predicted molar refractivity (Wildman–Crippen MR) is 71.7 cm³/mol. The quantitative estimate of drug-likeness (QED) is 0.893. The van der Waals surface area contributed by atoms with Gasteiger partial charge in [-0.2, -0.15) is 0 Å². The summed E-state index contributed by atoms with van der Waals surface area (Å²) in [6.45, 7) is 6.91. The Morgan fingerprint density at radius 3 is 2.82 bits per heavy atom. The number of ether oxygens (including phenoxy) is 1. The summed E-state index contributed by atoms with van der Waals surface area (Å²) in [5.74, 6) is 0.444. The van der Waals surface area contributed by atoms with Gasteiger partial charge in [-0.15, -0.1) is 11.3 Å². The van der Waals surface area contributed by atoms with Crippen LogP contribution in [0.15, 0.2) is 0 Å². The van der Waals surface area contributed by atoms with Crippen molar-refractivity contribution < 1.29 is 4.74 Å². The van der Waals surface area contributed by atoms with E-state index in [4.69, 9.17) is 15.5 Å². The average Bonchev–Trinajstić information content (AvgIpc) is 2.94. The Morgan fingerprint density at radius 2 is 2.35 bits per heavy atom. The second-order valence-electron chi connectivity index (χ2n) is 4.76. The third kappa shape index (κ3) is 2.61. The van der Waals surface area contributed by atoms with Crippen molar-refractivity contribution >= 4 is 16.5 Å². The fourth-order valence-corrected chi connectivity index (χ4v) is 3.31. The fraction of sp³-hybridized carbons (Fsp3) is 0.750. The van der Waals surface area contributed by atoms with Gasteiger partial charge in [0.25, 0.3) is 0 Å². The average molecular weight is 255 g/mol. The van der Waals surface area contributed by atoms with Gasteiger partial charge in [-0.1, -0.05) is 13.8 Å². The number of anilines is 1. The van der Waals surface area contributed by atoms with E-state index in [0.29, 0.717) is 18.6 Å². The number of thiazole rings is 1. The van der Waals surface area contributed by atoms with E-state index in [1.807, 2.05) is 0 Å². The van der Waals surface area contributed by atoms with Gasteiger partial charge in [-0.25, -0.2) is 4.98 Å². The van der Waals surface area contributed by atoms with E-state index in [0.717, 1.165) is 30.3 Å². The van der Waals surface area contributed by atoms with Crippen molar-refractivity contribution in [3.63, 3.8) is 0 Å². The normalized spacial score (nSPS) is 20.5. The van der Waals surface area contributed by atoms with Gasteiger partial charge in [0.2, 0.25) is 0 Å². The summed E-state index contributed by atoms with van der Waals surface area (Å²) in [6, 6.07) is 0. The number of nitrogens with two attached hydrogens (primary N) is 1. The van der Waals surface area contributed by atoms with Crippen LogP contribution in [0, 0.1) is 0 Å². The predicted octanol–water partition coefficient (Wildman–Crippen LogP) is 1.95. The third-order valence-electron chi connectivity index (χ3n) is 3.20. The van der Waals surface area contributed by atoms with Gasteiger partial charge in [0, 0.05) is 31.6 Å². The number of rotatable bonds is 4. The van der Waals surface area contributed by atoms with Crippen LogP contribution in [0.5, 0.6) is 0 Å². The maximum absolute atomic E-state index is 5.78. The zero-order valence-corrected chi connectivity index (χ0v) is 11.6.